The van der Waals surface area contributed by atoms with E-state index in [0.29, 0.717) is 6.54 Å². The molecule has 0 aromatic carbocycles. The van der Waals surface area contributed by atoms with E-state index in [2.05, 4.69) is 0 Å². The predicted octanol–water partition coefficient (Wildman–Crippen LogP) is 2.21. The Bertz CT molecular complexity index is 325. The van der Waals surface area contributed by atoms with Crippen molar-refractivity contribution in [3.8, 4) is 0 Å². The Hall–Kier alpha value is -1.10. The molecule has 0 heterocycles. The third-order valence-corrected chi connectivity index (χ3v) is 3.27. The molecule has 0 aliphatic carbocycles. The van der Waals surface area contributed by atoms with Gasteiger partial charge in [-0.05, 0) is 48.5 Å². The summed E-state index contributed by atoms with van der Waals surface area (Å²) in [5, 5.41) is 8.83. The predicted molar refractivity (Wildman–Crippen MR) is 80.7 cm³/mol. The smallest absolute Gasteiger partial charge is 0.304 e. The first-order valence-corrected chi connectivity index (χ1v) is 7.24. The van der Waals surface area contributed by atoms with E-state index in [1.807, 2.05) is 58.3 Å². The lowest BCUT2D eigenvalue weighted by Crippen LogP contribution is -2.52. The summed E-state index contributed by atoms with van der Waals surface area (Å²) in [6, 6.07) is 0.285. The second-order valence-corrected chi connectivity index (χ2v) is 6.72. The van der Waals surface area contributed by atoms with Gasteiger partial charge in [-0.1, -0.05) is 0 Å². The molecule has 0 aromatic rings. The number of carboxylic acid groups (broad SMARTS) is 1. The zero-order valence-electron chi connectivity index (χ0n) is 13.9. The number of hydrogen-bond acceptors (Lipinski definition) is 3. The molecule has 0 bridgehead atoms. The van der Waals surface area contributed by atoms with Crippen LogP contribution in [0.4, 0.5) is 0 Å². The lowest BCUT2D eigenvalue weighted by molar-refractivity contribution is -0.141. The molecule has 0 radical (unpaired) electrons. The van der Waals surface area contributed by atoms with Crippen molar-refractivity contribution >= 4 is 11.9 Å². The number of aliphatic carboxylic acids is 1. The molecule has 1 N–H and O–H groups in total. The molecular formula is C15H30N2O3. The second-order valence-electron chi connectivity index (χ2n) is 6.72. The van der Waals surface area contributed by atoms with Gasteiger partial charge >= 0.3 is 5.97 Å². The molecule has 5 heteroatoms. The molecule has 0 rings (SSSR count). The van der Waals surface area contributed by atoms with Crippen LogP contribution in [0.15, 0.2) is 0 Å². The van der Waals surface area contributed by atoms with Gasteiger partial charge in [-0.15, -0.1) is 0 Å². The highest BCUT2D eigenvalue weighted by Gasteiger charge is 2.28. The fraction of sp³-hybridized carbons (Fsp3) is 0.867. The van der Waals surface area contributed by atoms with Crippen molar-refractivity contribution in [2.24, 2.45) is 0 Å². The highest BCUT2D eigenvalue weighted by Crippen LogP contribution is 2.15. The summed E-state index contributed by atoms with van der Waals surface area (Å²) in [7, 11) is 0. The summed E-state index contributed by atoms with van der Waals surface area (Å²) < 4.78 is 0. The van der Waals surface area contributed by atoms with Gasteiger partial charge in [0, 0.05) is 24.2 Å². The summed E-state index contributed by atoms with van der Waals surface area (Å²) in [6.45, 7) is 14.6. The van der Waals surface area contributed by atoms with Crippen LogP contribution in [0.5, 0.6) is 0 Å². The van der Waals surface area contributed by atoms with Crippen LogP contribution in [0, 0.1) is 0 Å². The highest BCUT2D eigenvalue weighted by molar-refractivity contribution is 5.79. The van der Waals surface area contributed by atoms with Gasteiger partial charge in [0.2, 0.25) is 5.91 Å². The van der Waals surface area contributed by atoms with E-state index in [1.54, 1.807) is 0 Å². The van der Waals surface area contributed by atoms with Gasteiger partial charge in [-0.2, -0.15) is 0 Å². The minimum Gasteiger partial charge on any atom is -0.481 e. The monoisotopic (exact) mass is 286 g/mol. The fourth-order valence-electron chi connectivity index (χ4n) is 2.30. The Morgan fingerprint density at radius 1 is 1.05 bits per heavy atom. The lowest BCUT2D eigenvalue weighted by Gasteiger charge is -2.38. The minimum atomic E-state index is -0.837. The average molecular weight is 286 g/mol. The quantitative estimate of drug-likeness (QED) is 0.779. The van der Waals surface area contributed by atoms with Crippen LogP contribution in [0.2, 0.25) is 0 Å². The minimum absolute atomic E-state index is 0.0495. The average Bonchev–Trinajstić information content (AvgIpc) is 2.20. The summed E-state index contributed by atoms with van der Waals surface area (Å²) in [4.78, 5) is 27.0. The van der Waals surface area contributed by atoms with E-state index < -0.39 is 5.97 Å². The zero-order chi connectivity index (χ0) is 16.1. The molecular weight excluding hydrogens is 256 g/mol. The van der Waals surface area contributed by atoms with Crippen LogP contribution >= 0.6 is 0 Å². The molecule has 5 nitrogen and oxygen atoms in total. The third kappa shape index (κ3) is 6.37. The van der Waals surface area contributed by atoms with E-state index in [4.69, 9.17) is 5.11 Å². The second kappa shape index (κ2) is 7.62. The number of hydrogen-bond donors (Lipinski definition) is 1. The van der Waals surface area contributed by atoms with E-state index in [0.717, 1.165) is 0 Å². The van der Waals surface area contributed by atoms with Crippen LogP contribution in [-0.4, -0.2) is 57.5 Å². The van der Waals surface area contributed by atoms with Gasteiger partial charge < -0.3 is 10.0 Å². The van der Waals surface area contributed by atoms with Crippen LogP contribution < -0.4 is 0 Å². The van der Waals surface area contributed by atoms with Crippen molar-refractivity contribution in [2.75, 3.05) is 13.1 Å². The number of carboxylic acids is 1. The van der Waals surface area contributed by atoms with Crippen molar-refractivity contribution in [3.05, 3.63) is 0 Å². The van der Waals surface area contributed by atoms with Crippen molar-refractivity contribution < 1.29 is 14.7 Å². The van der Waals surface area contributed by atoms with Gasteiger partial charge in [-0.25, -0.2) is 0 Å². The largest absolute Gasteiger partial charge is 0.481 e. The zero-order valence-corrected chi connectivity index (χ0v) is 13.9. The van der Waals surface area contributed by atoms with Gasteiger partial charge in [-0.3, -0.25) is 14.5 Å². The fourth-order valence-corrected chi connectivity index (χ4v) is 2.30. The molecule has 0 saturated heterocycles. The molecule has 20 heavy (non-hydrogen) atoms. The van der Waals surface area contributed by atoms with Crippen molar-refractivity contribution in [1.82, 2.24) is 9.80 Å². The van der Waals surface area contributed by atoms with Crippen molar-refractivity contribution in [2.45, 2.75) is 72.5 Å². The summed E-state index contributed by atoms with van der Waals surface area (Å²) in [6.07, 6.45) is 0.0495. The highest BCUT2D eigenvalue weighted by atomic mass is 16.4. The molecule has 0 aromatic heterocycles. The molecule has 118 valence electrons. The van der Waals surface area contributed by atoms with E-state index in [9.17, 15) is 9.59 Å². The molecule has 0 atom stereocenters. The maximum absolute atomic E-state index is 12.5. The molecule has 0 aliphatic heterocycles. The van der Waals surface area contributed by atoms with Crippen molar-refractivity contribution in [3.63, 3.8) is 0 Å². The van der Waals surface area contributed by atoms with Gasteiger partial charge in [0.25, 0.3) is 0 Å². The van der Waals surface area contributed by atoms with Crippen molar-refractivity contribution in [1.29, 1.82) is 0 Å². The topological polar surface area (TPSA) is 60.9 Å². The molecule has 0 unspecified atom stereocenters. The van der Waals surface area contributed by atoms with E-state index in [-0.39, 0.29) is 36.5 Å². The first-order valence-electron chi connectivity index (χ1n) is 7.24. The molecule has 0 fully saturated rings. The summed E-state index contributed by atoms with van der Waals surface area (Å²) >= 11 is 0. The number of amides is 1. The van der Waals surface area contributed by atoms with Crippen LogP contribution in [-0.2, 0) is 9.59 Å². The van der Waals surface area contributed by atoms with E-state index >= 15 is 0 Å². The summed E-state index contributed by atoms with van der Waals surface area (Å²) in [5.74, 6) is -0.786. The maximum atomic E-state index is 12.5. The number of nitrogens with zero attached hydrogens (tertiary/aromatic N) is 2. The molecule has 0 saturated carbocycles. The normalized spacial score (nSPS) is 12.3. The van der Waals surface area contributed by atoms with Crippen LogP contribution in [0.25, 0.3) is 0 Å². The Morgan fingerprint density at radius 2 is 1.50 bits per heavy atom. The van der Waals surface area contributed by atoms with Crippen LogP contribution in [0.1, 0.15) is 54.9 Å². The molecule has 1 amide bonds. The van der Waals surface area contributed by atoms with E-state index in [1.165, 1.54) is 0 Å². The van der Waals surface area contributed by atoms with Crippen LogP contribution in [0.3, 0.4) is 0 Å². The first-order chi connectivity index (χ1) is 8.96. The Labute approximate surface area is 122 Å². The summed E-state index contributed by atoms with van der Waals surface area (Å²) in [5.41, 5.74) is -0.231. The Kier molecular flexibility index (Phi) is 7.20. The number of carbonyl (C=O) groups is 2. The maximum Gasteiger partial charge on any atom is 0.304 e. The molecule has 0 aliphatic rings. The standard InChI is InChI=1S/C15H30N2O3/c1-11(2)17(12(3)4)13(18)10-16(15(5,6)7)9-8-14(19)20/h11-12H,8-10H2,1-7H3,(H,19,20). The Morgan fingerprint density at radius 3 is 1.80 bits per heavy atom. The Balaban J connectivity index is 4.88. The molecule has 0 spiro atoms. The SMILES string of the molecule is CC(C)N(C(=O)CN(CCC(=O)O)C(C)(C)C)C(C)C. The lowest BCUT2D eigenvalue weighted by atomic mass is 10.1. The van der Waals surface area contributed by atoms with Gasteiger partial charge in [0.15, 0.2) is 0 Å². The number of rotatable bonds is 7. The van der Waals surface area contributed by atoms with Gasteiger partial charge in [0.1, 0.15) is 0 Å². The third-order valence-electron chi connectivity index (χ3n) is 3.27. The number of carbonyl (C=O) groups excluding carboxylic acids is 1. The van der Waals surface area contributed by atoms with Gasteiger partial charge in [0.05, 0.1) is 13.0 Å². The first kappa shape index (κ1) is 18.9.